The molecule has 0 saturated carbocycles. The lowest BCUT2D eigenvalue weighted by Gasteiger charge is -2.39. The van der Waals surface area contributed by atoms with Gasteiger partial charge in [0.2, 0.25) is 0 Å². The van der Waals surface area contributed by atoms with E-state index in [1.54, 1.807) is 0 Å². The second-order valence-electron chi connectivity index (χ2n) is 6.36. The normalized spacial score (nSPS) is 11.4. The van der Waals surface area contributed by atoms with Crippen molar-refractivity contribution in [1.82, 2.24) is 0 Å². The van der Waals surface area contributed by atoms with Crippen molar-refractivity contribution < 1.29 is 9.96 Å². The lowest BCUT2D eigenvalue weighted by Crippen LogP contribution is -2.50. The average molecular weight is 288 g/mol. The first kappa shape index (κ1) is 22.2. The molecule has 2 nitrogen and oxygen atoms in total. The van der Waals surface area contributed by atoms with Crippen molar-refractivity contribution in [2.45, 2.75) is 91.9 Å². The number of hydrogen-bond donors (Lipinski definition) is 0. The highest BCUT2D eigenvalue weighted by Gasteiger charge is 2.24. The van der Waals surface area contributed by atoms with Crippen LogP contribution in [-0.4, -0.2) is 36.1 Å². The van der Waals surface area contributed by atoms with Crippen LogP contribution in [0.25, 0.3) is 0 Å². The van der Waals surface area contributed by atoms with Crippen LogP contribution in [0.15, 0.2) is 0 Å². The van der Waals surface area contributed by atoms with Gasteiger partial charge in [0.15, 0.2) is 0 Å². The number of hydrogen-bond acceptors (Lipinski definition) is 1. The highest BCUT2D eigenvalue weighted by Crippen LogP contribution is 2.17. The van der Waals surface area contributed by atoms with Crippen molar-refractivity contribution in [1.29, 1.82) is 0 Å². The largest absolute Gasteiger partial charge is 0.870 e. The third kappa shape index (κ3) is 10.7. The summed E-state index contributed by atoms with van der Waals surface area (Å²) in [6, 6.07) is 0. The zero-order chi connectivity index (χ0) is 14.4. The zero-order valence-corrected chi connectivity index (χ0v) is 14.8. The number of quaternary nitrogens is 1. The van der Waals surface area contributed by atoms with Crippen molar-refractivity contribution in [2.75, 3.05) is 26.2 Å². The molecule has 0 saturated heterocycles. The van der Waals surface area contributed by atoms with Crippen molar-refractivity contribution in [2.24, 2.45) is 0 Å². The van der Waals surface area contributed by atoms with E-state index in [-0.39, 0.29) is 5.48 Å². The molecule has 0 atom stereocenters. The molecule has 0 rings (SSSR count). The second-order valence-corrected chi connectivity index (χ2v) is 6.36. The van der Waals surface area contributed by atoms with Gasteiger partial charge in [-0.2, -0.15) is 0 Å². The predicted octanol–water partition coefficient (Wildman–Crippen LogP) is 5.61. The molecule has 0 aromatic heterocycles. The van der Waals surface area contributed by atoms with Gasteiger partial charge in [-0.25, -0.2) is 0 Å². The smallest absolute Gasteiger partial charge is 0.0786 e. The molecule has 0 fully saturated rings. The van der Waals surface area contributed by atoms with Gasteiger partial charge in [0.05, 0.1) is 26.2 Å². The van der Waals surface area contributed by atoms with Gasteiger partial charge in [-0.1, -0.05) is 59.8 Å². The summed E-state index contributed by atoms with van der Waals surface area (Å²) < 4.78 is 1.43. The van der Waals surface area contributed by atoms with Crippen molar-refractivity contribution in [3.8, 4) is 0 Å². The molecule has 0 amide bonds. The molecule has 0 aliphatic rings. The molecule has 0 heterocycles. The topological polar surface area (TPSA) is 30.0 Å². The Morgan fingerprint density at radius 2 is 0.800 bits per heavy atom. The third-order valence-corrected chi connectivity index (χ3v) is 4.44. The summed E-state index contributed by atoms with van der Waals surface area (Å²) >= 11 is 0. The molecule has 0 aromatic rings. The lowest BCUT2D eigenvalue weighted by molar-refractivity contribution is -0.929. The molecule has 0 bridgehead atoms. The summed E-state index contributed by atoms with van der Waals surface area (Å²) in [5.74, 6) is 0. The maximum Gasteiger partial charge on any atom is 0.0786 e. The van der Waals surface area contributed by atoms with Gasteiger partial charge in [0.1, 0.15) is 0 Å². The fraction of sp³-hybridized carbons (Fsp3) is 1.00. The van der Waals surface area contributed by atoms with E-state index in [4.69, 9.17) is 0 Å². The molecule has 124 valence electrons. The third-order valence-electron chi connectivity index (χ3n) is 4.44. The molecule has 0 aliphatic carbocycles. The fourth-order valence-electron chi connectivity index (χ4n) is 3.03. The first-order chi connectivity index (χ1) is 9.24. The molecular formula is C18H41NO. The average Bonchev–Trinajstić information content (AvgIpc) is 2.44. The summed E-state index contributed by atoms with van der Waals surface area (Å²) in [4.78, 5) is 0. The van der Waals surface area contributed by atoms with E-state index in [2.05, 4.69) is 27.7 Å². The Morgan fingerprint density at radius 1 is 0.450 bits per heavy atom. The van der Waals surface area contributed by atoms with Crippen molar-refractivity contribution >= 4 is 0 Å². The summed E-state index contributed by atoms with van der Waals surface area (Å²) in [6.07, 6.45) is 14.0. The van der Waals surface area contributed by atoms with Crippen LogP contribution in [0.2, 0.25) is 0 Å². The van der Waals surface area contributed by atoms with E-state index >= 15 is 0 Å². The van der Waals surface area contributed by atoms with Crippen molar-refractivity contribution in [3.63, 3.8) is 0 Å². The van der Waals surface area contributed by atoms with Crippen LogP contribution < -0.4 is 0 Å². The van der Waals surface area contributed by atoms with Gasteiger partial charge >= 0.3 is 0 Å². The van der Waals surface area contributed by atoms with E-state index in [0.29, 0.717) is 0 Å². The first-order valence-corrected chi connectivity index (χ1v) is 9.09. The van der Waals surface area contributed by atoms with Crippen LogP contribution in [0.4, 0.5) is 0 Å². The molecule has 0 radical (unpaired) electrons. The molecule has 0 aliphatic heterocycles. The van der Waals surface area contributed by atoms with E-state index in [1.807, 2.05) is 0 Å². The molecule has 1 N–H and O–H groups in total. The first-order valence-electron chi connectivity index (χ1n) is 9.09. The predicted molar refractivity (Wildman–Crippen MR) is 90.5 cm³/mol. The lowest BCUT2D eigenvalue weighted by atomic mass is 10.1. The highest BCUT2D eigenvalue weighted by atomic mass is 16.0. The Morgan fingerprint density at radius 3 is 1.15 bits per heavy atom. The Balaban J connectivity index is 0. The van der Waals surface area contributed by atoms with Gasteiger partial charge in [-0.05, 0) is 32.1 Å². The summed E-state index contributed by atoms with van der Waals surface area (Å²) in [6.45, 7) is 15.1. The second kappa shape index (κ2) is 15.3. The molecule has 0 aromatic carbocycles. The number of nitrogens with zero attached hydrogens (tertiary/aromatic N) is 1. The van der Waals surface area contributed by atoms with Gasteiger partial charge in [0.25, 0.3) is 0 Å². The molecule has 0 unspecified atom stereocenters. The van der Waals surface area contributed by atoms with Crippen LogP contribution in [-0.2, 0) is 0 Å². The van der Waals surface area contributed by atoms with Gasteiger partial charge in [-0.15, -0.1) is 0 Å². The molecular weight excluding hydrogens is 246 g/mol. The fourth-order valence-corrected chi connectivity index (χ4v) is 3.03. The number of unbranched alkanes of at least 4 members (excludes halogenated alkanes) is 6. The van der Waals surface area contributed by atoms with Gasteiger partial charge in [0, 0.05) is 0 Å². The van der Waals surface area contributed by atoms with Crippen LogP contribution in [0.5, 0.6) is 0 Å². The van der Waals surface area contributed by atoms with Crippen molar-refractivity contribution in [3.05, 3.63) is 0 Å². The summed E-state index contributed by atoms with van der Waals surface area (Å²) in [7, 11) is 0. The van der Waals surface area contributed by atoms with Crippen LogP contribution >= 0.6 is 0 Å². The molecule has 2 heteroatoms. The van der Waals surface area contributed by atoms with E-state index in [9.17, 15) is 0 Å². The van der Waals surface area contributed by atoms with E-state index < -0.39 is 0 Å². The zero-order valence-electron chi connectivity index (χ0n) is 14.8. The monoisotopic (exact) mass is 287 g/mol. The molecule has 0 spiro atoms. The quantitative estimate of drug-likeness (QED) is 0.302. The minimum atomic E-state index is 0. The Bertz CT molecular complexity index is 160. The summed E-state index contributed by atoms with van der Waals surface area (Å²) in [5.41, 5.74) is 0. The maximum atomic E-state index is 2.34. The SMILES string of the molecule is CCCCCC[N+](CCCC)(CCCC)CCCC.[OH-]. The Kier molecular flexibility index (Phi) is 17.0. The Labute approximate surface area is 128 Å². The van der Waals surface area contributed by atoms with Gasteiger partial charge in [-0.3, -0.25) is 0 Å². The number of rotatable bonds is 14. The minimum Gasteiger partial charge on any atom is -0.870 e. The van der Waals surface area contributed by atoms with E-state index in [1.165, 1.54) is 94.9 Å². The highest BCUT2D eigenvalue weighted by molar-refractivity contribution is 4.50. The minimum absolute atomic E-state index is 0. The standard InChI is InChI=1S/C18H40N.H2O/c1-5-9-13-14-18-19(15-10-6-2,16-11-7-3)17-12-8-4;/h5-18H2,1-4H3;1H2/q+1;/p-1. The maximum absolute atomic E-state index is 2.34. The van der Waals surface area contributed by atoms with E-state index in [0.717, 1.165) is 0 Å². The molecule has 20 heavy (non-hydrogen) atoms. The van der Waals surface area contributed by atoms with Crippen LogP contribution in [0.3, 0.4) is 0 Å². The van der Waals surface area contributed by atoms with Crippen LogP contribution in [0.1, 0.15) is 91.9 Å². The van der Waals surface area contributed by atoms with Crippen LogP contribution in [0, 0.1) is 0 Å². The summed E-state index contributed by atoms with van der Waals surface area (Å²) in [5, 5.41) is 0. The Hall–Kier alpha value is -0.0800. The van der Waals surface area contributed by atoms with Gasteiger partial charge < -0.3 is 9.96 Å².